The van der Waals surface area contributed by atoms with E-state index in [1.54, 1.807) is 7.05 Å². The minimum atomic E-state index is -0.950. The summed E-state index contributed by atoms with van der Waals surface area (Å²) in [6.45, 7) is 1.61. The molecule has 0 aromatic heterocycles. The summed E-state index contributed by atoms with van der Waals surface area (Å²) in [6, 6.07) is -0.486. The fourth-order valence-corrected chi connectivity index (χ4v) is 1.51. The highest BCUT2D eigenvalue weighted by Crippen LogP contribution is 2.28. The molecular formula is C13H22N2O5. The van der Waals surface area contributed by atoms with Crippen LogP contribution in [0, 0.1) is 5.92 Å². The minimum absolute atomic E-state index is 0.0318. The third-order valence-electron chi connectivity index (χ3n) is 3.01. The summed E-state index contributed by atoms with van der Waals surface area (Å²) in [7, 11) is 1.58. The Morgan fingerprint density at radius 2 is 2.00 bits per heavy atom. The van der Waals surface area contributed by atoms with E-state index in [2.05, 4.69) is 5.32 Å². The van der Waals surface area contributed by atoms with Crippen LogP contribution in [0.2, 0.25) is 0 Å². The summed E-state index contributed by atoms with van der Waals surface area (Å²) < 4.78 is 5.40. The van der Waals surface area contributed by atoms with Gasteiger partial charge in [0, 0.05) is 33.0 Å². The third kappa shape index (κ3) is 7.73. The number of amides is 3. The first-order valence-electron chi connectivity index (χ1n) is 6.83. The average molecular weight is 286 g/mol. The number of nitrogens with one attached hydrogen (secondary N) is 1. The van der Waals surface area contributed by atoms with Crippen LogP contribution in [0.1, 0.15) is 32.1 Å². The topological polar surface area (TPSA) is 95.9 Å². The lowest BCUT2D eigenvalue weighted by molar-refractivity contribution is -0.137. The van der Waals surface area contributed by atoms with Crippen molar-refractivity contribution in [3.8, 4) is 0 Å². The zero-order valence-corrected chi connectivity index (χ0v) is 11.8. The molecule has 0 spiro atoms. The Kier molecular flexibility index (Phi) is 7.00. The van der Waals surface area contributed by atoms with Crippen molar-refractivity contribution in [2.24, 2.45) is 5.92 Å². The molecule has 7 heteroatoms. The number of carbonyl (C=O) groups is 3. The number of ether oxygens (including phenoxy) is 1. The van der Waals surface area contributed by atoms with Crippen LogP contribution in [-0.2, 0) is 14.3 Å². The normalized spacial score (nSPS) is 13.8. The van der Waals surface area contributed by atoms with Gasteiger partial charge in [0.15, 0.2) is 0 Å². The number of nitrogens with zero attached hydrogens (tertiary/aromatic N) is 1. The summed E-state index contributed by atoms with van der Waals surface area (Å²) in [6.07, 6.45) is 2.63. The van der Waals surface area contributed by atoms with Crippen molar-refractivity contribution in [1.82, 2.24) is 10.2 Å². The van der Waals surface area contributed by atoms with Gasteiger partial charge in [-0.15, -0.1) is 0 Å². The fraction of sp³-hybridized carbons (Fsp3) is 0.769. The lowest BCUT2D eigenvalue weighted by Crippen LogP contribution is -2.42. The highest BCUT2D eigenvalue weighted by molar-refractivity contribution is 5.94. The monoisotopic (exact) mass is 286 g/mol. The van der Waals surface area contributed by atoms with Crippen LogP contribution in [0.15, 0.2) is 0 Å². The van der Waals surface area contributed by atoms with Crippen molar-refractivity contribution in [3.05, 3.63) is 0 Å². The fourth-order valence-electron chi connectivity index (χ4n) is 1.51. The number of carboxylic acids is 1. The number of aliphatic carboxylic acids is 1. The number of hydrogen-bond donors (Lipinski definition) is 2. The van der Waals surface area contributed by atoms with Gasteiger partial charge >= 0.3 is 12.0 Å². The van der Waals surface area contributed by atoms with Gasteiger partial charge in [-0.2, -0.15) is 0 Å². The maximum absolute atomic E-state index is 11.6. The van der Waals surface area contributed by atoms with Gasteiger partial charge in [-0.1, -0.05) is 0 Å². The Balaban J connectivity index is 2.06. The average Bonchev–Trinajstić information content (AvgIpc) is 3.17. The molecule has 114 valence electrons. The molecule has 0 heterocycles. The largest absolute Gasteiger partial charge is 0.481 e. The van der Waals surface area contributed by atoms with E-state index in [1.165, 1.54) is 17.7 Å². The quantitative estimate of drug-likeness (QED) is 0.612. The van der Waals surface area contributed by atoms with Gasteiger partial charge in [-0.3, -0.25) is 14.9 Å². The number of carbonyl (C=O) groups excluding carboxylic acids is 2. The second-order valence-corrected chi connectivity index (χ2v) is 5.04. The van der Waals surface area contributed by atoms with E-state index in [9.17, 15) is 14.4 Å². The third-order valence-corrected chi connectivity index (χ3v) is 3.01. The number of rotatable bonds is 9. The zero-order valence-electron chi connectivity index (χ0n) is 11.8. The van der Waals surface area contributed by atoms with Crippen LogP contribution < -0.4 is 5.32 Å². The van der Waals surface area contributed by atoms with Crippen LogP contribution >= 0.6 is 0 Å². The first kappa shape index (κ1) is 16.4. The lowest BCUT2D eigenvalue weighted by Gasteiger charge is -2.17. The minimum Gasteiger partial charge on any atom is -0.481 e. The molecule has 0 radical (unpaired) electrons. The van der Waals surface area contributed by atoms with Crippen LogP contribution in [0.3, 0.4) is 0 Å². The summed E-state index contributed by atoms with van der Waals surface area (Å²) in [5.74, 6) is -0.721. The second-order valence-electron chi connectivity index (χ2n) is 5.04. The first-order valence-corrected chi connectivity index (χ1v) is 6.83. The van der Waals surface area contributed by atoms with Crippen LogP contribution in [0.25, 0.3) is 0 Å². The molecule has 0 aliphatic heterocycles. The van der Waals surface area contributed by atoms with Crippen molar-refractivity contribution in [2.45, 2.75) is 32.1 Å². The van der Waals surface area contributed by atoms with Crippen LogP contribution in [0.5, 0.6) is 0 Å². The molecule has 3 amide bonds. The Hall–Kier alpha value is -1.63. The van der Waals surface area contributed by atoms with Crippen molar-refractivity contribution in [2.75, 3.05) is 26.8 Å². The van der Waals surface area contributed by atoms with E-state index in [-0.39, 0.29) is 19.3 Å². The Morgan fingerprint density at radius 1 is 1.30 bits per heavy atom. The molecule has 0 saturated heterocycles. The maximum atomic E-state index is 11.6. The van der Waals surface area contributed by atoms with Gasteiger partial charge in [0.2, 0.25) is 5.91 Å². The number of urea groups is 1. The number of likely N-dealkylation sites (N-methyl/N-ethyl adjacent to an activating group) is 1. The Labute approximate surface area is 118 Å². The number of hydrogen-bond acceptors (Lipinski definition) is 4. The van der Waals surface area contributed by atoms with Gasteiger partial charge in [0.25, 0.3) is 0 Å². The number of carboxylic acid groups (broad SMARTS) is 1. The van der Waals surface area contributed by atoms with E-state index in [4.69, 9.17) is 9.84 Å². The molecule has 1 saturated carbocycles. The Morgan fingerprint density at radius 3 is 2.60 bits per heavy atom. The SMILES string of the molecule is CN(CCOCC1CC1)C(=O)NC(=O)CCCC(=O)O. The van der Waals surface area contributed by atoms with E-state index >= 15 is 0 Å². The first-order chi connectivity index (χ1) is 9.49. The lowest BCUT2D eigenvalue weighted by atomic mass is 10.2. The molecule has 1 aliphatic carbocycles. The molecule has 0 atom stereocenters. The molecule has 0 aromatic carbocycles. The zero-order chi connectivity index (χ0) is 15.0. The van der Waals surface area contributed by atoms with Gasteiger partial charge < -0.3 is 14.7 Å². The summed E-state index contributed by atoms with van der Waals surface area (Å²) in [5, 5.41) is 10.7. The molecule has 1 fully saturated rings. The van der Waals surface area contributed by atoms with Crippen LogP contribution in [-0.4, -0.2) is 54.7 Å². The van der Waals surface area contributed by atoms with Gasteiger partial charge in [0.1, 0.15) is 0 Å². The Bertz CT molecular complexity index is 355. The molecule has 0 unspecified atom stereocenters. The van der Waals surface area contributed by atoms with E-state index in [0.717, 1.165) is 6.61 Å². The molecule has 2 N–H and O–H groups in total. The maximum Gasteiger partial charge on any atom is 0.323 e. The predicted molar refractivity (Wildman–Crippen MR) is 71.2 cm³/mol. The smallest absolute Gasteiger partial charge is 0.323 e. The molecule has 1 rings (SSSR count). The van der Waals surface area contributed by atoms with Crippen molar-refractivity contribution >= 4 is 17.9 Å². The van der Waals surface area contributed by atoms with Crippen molar-refractivity contribution in [1.29, 1.82) is 0 Å². The second kappa shape index (κ2) is 8.52. The van der Waals surface area contributed by atoms with Crippen molar-refractivity contribution < 1.29 is 24.2 Å². The standard InChI is InChI=1S/C13H22N2O5/c1-15(7-8-20-9-10-5-6-10)13(19)14-11(16)3-2-4-12(17)18/h10H,2-9H2,1H3,(H,17,18)(H,14,16,19). The molecule has 0 aromatic rings. The summed E-state index contributed by atoms with van der Waals surface area (Å²) in [5.41, 5.74) is 0. The predicted octanol–water partition coefficient (Wildman–Crippen LogP) is 0.836. The molecular weight excluding hydrogens is 264 g/mol. The number of imide groups is 1. The highest BCUT2D eigenvalue weighted by atomic mass is 16.5. The van der Waals surface area contributed by atoms with Gasteiger partial charge in [0.05, 0.1) is 6.61 Å². The van der Waals surface area contributed by atoms with Gasteiger partial charge in [-0.25, -0.2) is 4.79 Å². The highest BCUT2D eigenvalue weighted by Gasteiger charge is 2.21. The summed E-state index contributed by atoms with van der Waals surface area (Å²) >= 11 is 0. The molecule has 20 heavy (non-hydrogen) atoms. The molecule has 7 nitrogen and oxygen atoms in total. The van der Waals surface area contributed by atoms with Crippen molar-refractivity contribution in [3.63, 3.8) is 0 Å². The molecule has 0 bridgehead atoms. The molecule has 1 aliphatic rings. The van der Waals surface area contributed by atoms with Crippen LogP contribution in [0.4, 0.5) is 4.79 Å². The van der Waals surface area contributed by atoms with E-state index in [1.807, 2.05) is 0 Å². The van der Waals surface area contributed by atoms with E-state index in [0.29, 0.717) is 19.1 Å². The summed E-state index contributed by atoms with van der Waals surface area (Å²) in [4.78, 5) is 34.7. The van der Waals surface area contributed by atoms with Gasteiger partial charge in [-0.05, 0) is 25.2 Å². The van der Waals surface area contributed by atoms with E-state index < -0.39 is 17.9 Å².